The van der Waals surface area contributed by atoms with Crippen molar-refractivity contribution in [1.82, 2.24) is 4.90 Å². The van der Waals surface area contributed by atoms with Gasteiger partial charge in [0, 0.05) is 49.0 Å². The molecule has 1 aliphatic heterocycles. The lowest BCUT2D eigenvalue weighted by atomic mass is 9.67. The molecule has 4 atom stereocenters. The van der Waals surface area contributed by atoms with E-state index in [-0.39, 0.29) is 41.2 Å². The van der Waals surface area contributed by atoms with E-state index in [2.05, 4.69) is 0 Å². The third-order valence-electron chi connectivity index (χ3n) is 9.81. The van der Waals surface area contributed by atoms with E-state index in [1.807, 2.05) is 43.9 Å². The highest BCUT2D eigenvalue weighted by Gasteiger charge is 2.48. The first-order valence-corrected chi connectivity index (χ1v) is 15.9. The van der Waals surface area contributed by atoms with Gasteiger partial charge in [0.2, 0.25) is 5.91 Å². The molecule has 8 nitrogen and oxygen atoms in total. The molecule has 1 aromatic rings. The van der Waals surface area contributed by atoms with Crippen LogP contribution in [0.5, 0.6) is 11.5 Å². The standard InChI is InChI=1S/C18H26N2O3.C16H26O3.ClH/c1-22-15-6-5-13(16(10-15)23-2)12-20-9-8-18(17(20)21)7-3-4-14(19)11-18;1-15(2,3)19-14(18)10-12-6-4-8-16(11-12)9-5-7-13(16)17;/h5-6,10,14H,3-4,7-9,11-12,19H2,1-2H3;12H,4-11H2,1-3H3;1H/t14-,18-;12-,16+;/m01./s1. The number of rotatable bonds is 6. The molecular weight excluding hydrogens is 568 g/mol. The SMILES string of the molecule is CC(C)(C)OC(=O)C[C@H]1CCC[C@]2(CCCC2=O)C1.COc1ccc(CN2CC[C@]3(CCC[C@H](N)C3)C2=O)c(OC)c1.Cl. The second kappa shape index (κ2) is 14.6. The molecule has 43 heavy (non-hydrogen) atoms. The fraction of sp³-hybridized carbons (Fsp3) is 0.735. The van der Waals surface area contributed by atoms with E-state index < -0.39 is 5.60 Å². The van der Waals surface area contributed by atoms with Crippen LogP contribution in [0, 0.1) is 16.7 Å². The second-order valence-electron chi connectivity index (χ2n) is 14.1. The number of esters is 1. The number of hydrogen-bond donors (Lipinski definition) is 1. The first-order chi connectivity index (χ1) is 19.9. The minimum absolute atomic E-state index is 0. The number of halogens is 1. The van der Waals surface area contributed by atoms with Crippen molar-refractivity contribution in [2.75, 3.05) is 20.8 Å². The third-order valence-corrected chi connectivity index (χ3v) is 9.81. The molecule has 0 bridgehead atoms. The summed E-state index contributed by atoms with van der Waals surface area (Å²) in [6.45, 7) is 7.08. The van der Waals surface area contributed by atoms with Gasteiger partial charge in [-0.25, -0.2) is 0 Å². The van der Waals surface area contributed by atoms with Gasteiger partial charge in [-0.1, -0.05) is 12.8 Å². The van der Waals surface area contributed by atoms with Crippen LogP contribution in [-0.2, 0) is 25.7 Å². The van der Waals surface area contributed by atoms with Crippen molar-refractivity contribution < 1.29 is 28.6 Å². The van der Waals surface area contributed by atoms with Crippen molar-refractivity contribution in [2.45, 2.75) is 122 Å². The number of carbonyl (C=O) groups is 3. The molecule has 3 aliphatic carbocycles. The summed E-state index contributed by atoms with van der Waals surface area (Å²) in [6, 6.07) is 5.92. The van der Waals surface area contributed by atoms with Gasteiger partial charge in [-0.2, -0.15) is 0 Å². The number of amides is 1. The number of benzene rings is 1. The molecule has 1 aromatic carbocycles. The van der Waals surface area contributed by atoms with Crippen molar-refractivity contribution >= 4 is 30.1 Å². The van der Waals surface area contributed by atoms with E-state index in [1.54, 1.807) is 14.2 Å². The number of hydrogen-bond acceptors (Lipinski definition) is 7. The van der Waals surface area contributed by atoms with Crippen molar-refractivity contribution in [3.05, 3.63) is 23.8 Å². The summed E-state index contributed by atoms with van der Waals surface area (Å²) in [5.41, 5.74) is 6.44. The third kappa shape index (κ3) is 8.65. The first-order valence-electron chi connectivity index (χ1n) is 15.9. The van der Waals surface area contributed by atoms with Crippen molar-refractivity contribution in [3.63, 3.8) is 0 Å². The predicted molar refractivity (Wildman–Crippen MR) is 169 cm³/mol. The van der Waals surface area contributed by atoms with Gasteiger partial charge in [0.1, 0.15) is 22.9 Å². The van der Waals surface area contributed by atoms with Gasteiger partial charge in [-0.3, -0.25) is 14.4 Å². The molecular formula is C34H53ClN2O6. The normalized spacial score (nSPS) is 28.7. The average Bonchev–Trinajstić information content (AvgIpc) is 3.42. The van der Waals surface area contributed by atoms with Crippen LogP contribution in [-0.4, -0.2) is 55.0 Å². The van der Waals surface area contributed by atoms with Crippen LogP contribution in [0.25, 0.3) is 0 Å². The van der Waals surface area contributed by atoms with Crippen LogP contribution in [0.15, 0.2) is 18.2 Å². The molecule has 9 heteroatoms. The van der Waals surface area contributed by atoms with Crippen LogP contribution >= 0.6 is 12.4 Å². The highest BCUT2D eigenvalue weighted by molar-refractivity contribution is 5.87. The number of carbonyl (C=O) groups excluding carboxylic acids is 3. The Morgan fingerprint density at radius 1 is 0.977 bits per heavy atom. The summed E-state index contributed by atoms with van der Waals surface area (Å²) in [6.07, 6.45) is 12.2. The summed E-state index contributed by atoms with van der Waals surface area (Å²) in [4.78, 5) is 38.9. The van der Waals surface area contributed by atoms with Gasteiger partial charge >= 0.3 is 5.97 Å². The molecule has 5 rings (SSSR count). The molecule has 0 unspecified atom stereocenters. The van der Waals surface area contributed by atoms with E-state index in [1.165, 1.54) is 0 Å². The van der Waals surface area contributed by atoms with Gasteiger partial charge in [0.25, 0.3) is 0 Å². The van der Waals surface area contributed by atoms with Crippen LogP contribution in [0.4, 0.5) is 0 Å². The van der Waals surface area contributed by atoms with Gasteiger partial charge in [0.05, 0.1) is 19.6 Å². The summed E-state index contributed by atoms with van der Waals surface area (Å²) in [5.74, 6) is 2.46. The Balaban J connectivity index is 0.000000234. The molecule has 1 saturated heterocycles. The Bertz CT molecular complexity index is 1140. The second-order valence-corrected chi connectivity index (χ2v) is 14.1. The van der Waals surface area contributed by atoms with Crippen LogP contribution in [0.3, 0.4) is 0 Å². The molecule has 4 fully saturated rings. The molecule has 2 spiro atoms. The summed E-state index contributed by atoms with van der Waals surface area (Å²) in [7, 11) is 3.28. The summed E-state index contributed by atoms with van der Waals surface area (Å²) in [5, 5.41) is 0. The average molecular weight is 621 g/mol. The molecule has 0 radical (unpaired) electrons. The fourth-order valence-corrected chi connectivity index (χ4v) is 7.81. The first kappa shape index (κ1) is 35.2. The Morgan fingerprint density at radius 3 is 2.30 bits per heavy atom. The van der Waals surface area contributed by atoms with Gasteiger partial charge in [0.15, 0.2) is 0 Å². The van der Waals surface area contributed by atoms with Crippen LogP contribution < -0.4 is 15.2 Å². The number of nitrogens with zero attached hydrogens (tertiary/aromatic N) is 1. The number of ether oxygens (including phenoxy) is 3. The number of Topliss-reactive ketones (excluding diaryl/α,β-unsaturated/α-hetero) is 1. The Kier molecular flexibility index (Phi) is 12.0. The monoisotopic (exact) mass is 620 g/mol. The Morgan fingerprint density at radius 2 is 1.67 bits per heavy atom. The number of nitrogens with two attached hydrogens (primary N) is 1. The minimum Gasteiger partial charge on any atom is -0.497 e. The topological polar surface area (TPSA) is 108 Å². The lowest BCUT2D eigenvalue weighted by Gasteiger charge is -2.36. The number of ketones is 1. The van der Waals surface area contributed by atoms with E-state index in [0.717, 1.165) is 101 Å². The van der Waals surface area contributed by atoms with Crippen molar-refractivity contribution in [1.29, 1.82) is 0 Å². The lowest BCUT2D eigenvalue weighted by Crippen LogP contribution is -2.42. The van der Waals surface area contributed by atoms with Crippen LogP contribution in [0.1, 0.15) is 110 Å². The lowest BCUT2D eigenvalue weighted by molar-refractivity contribution is -0.157. The maximum Gasteiger partial charge on any atom is 0.306 e. The van der Waals surface area contributed by atoms with Gasteiger partial charge in [-0.05, 0) is 96.6 Å². The van der Waals surface area contributed by atoms with Gasteiger partial charge < -0.3 is 24.8 Å². The zero-order valence-corrected chi connectivity index (χ0v) is 27.7. The highest BCUT2D eigenvalue weighted by Crippen LogP contribution is 2.49. The predicted octanol–water partition coefficient (Wildman–Crippen LogP) is 6.39. The van der Waals surface area contributed by atoms with E-state index in [9.17, 15) is 14.4 Å². The summed E-state index contributed by atoms with van der Waals surface area (Å²) >= 11 is 0. The van der Waals surface area contributed by atoms with E-state index in [4.69, 9.17) is 19.9 Å². The van der Waals surface area contributed by atoms with E-state index in [0.29, 0.717) is 24.7 Å². The zero-order valence-electron chi connectivity index (χ0n) is 26.9. The molecule has 1 amide bonds. The number of methoxy groups -OCH3 is 2. The van der Waals surface area contributed by atoms with E-state index >= 15 is 0 Å². The Labute approximate surface area is 264 Å². The van der Waals surface area contributed by atoms with Crippen LogP contribution in [0.2, 0.25) is 0 Å². The van der Waals surface area contributed by atoms with Gasteiger partial charge in [-0.15, -0.1) is 12.4 Å². The molecule has 242 valence electrons. The minimum atomic E-state index is -0.410. The molecule has 2 N–H and O–H groups in total. The Hall–Kier alpha value is -2.32. The highest BCUT2D eigenvalue weighted by atomic mass is 35.5. The smallest absolute Gasteiger partial charge is 0.306 e. The fourth-order valence-electron chi connectivity index (χ4n) is 7.81. The van der Waals surface area contributed by atoms with Crippen molar-refractivity contribution in [2.24, 2.45) is 22.5 Å². The molecule has 4 aliphatic rings. The van der Waals surface area contributed by atoms with Crippen molar-refractivity contribution in [3.8, 4) is 11.5 Å². The largest absolute Gasteiger partial charge is 0.497 e. The zero-order chi connectivity index (χ0) is 30.5. The summed E-state index contributed by atoms with van der Waals surface area (Å²) < 4.78 is 16.1. The quantitative estimate of drug-likeness (QED) is 0.367. The molecule has 1 heterocycles. The molecule has 0 aromatic heterocycles. The molecule has 3 saturated carbocycles. The maximum absolute atomic E-state index is 13.0. The maximum atomic E-state index is 13.0. The number of likely N-dealkylation sites (tertiary alicyclic amines) is 1.